The second-order valence-corrected chi connectivity index (χ2v) is 5.67. The summed E-state index contributed by atoms with van der Waals surface area (Å²) in [6.07, 6.45) is 3.94. The van der Waals surface area contributed by atoms with E-state index in [1.54, 1.807) is 0 Å². The Morgan fingerprint density at radius 2 is 1.95 bits per heavy atom. The van der Waals surface area contributed by atoms with Gasteiger partial charge in [0, 0.05) is 37.8 Å². The van der Waals surface area contributed by atoms with E-state index in [0.29, 0.717) is 6.54 Å². The molecule has 126 valence electrons. The Bertz CT molecular complexity index is 431. The van der Waals surface area contributed by atoms with E-state index < -0.39 is 0 Å². The Morgan fingerprint density at radius 3 is 2.59 bits per heavy atom. The molecule has 1 aliphatic carbocycles. The average Bonchev–Trinajstić information content (AvgIpc) is 2.48. The molecule has 0 aliphatic heterocycles. The summed E-state index contributed by atoms with van der Waals surface area (Å²) in [6.45, 7) is 1.49. The van der Waals surface area contributed by atoms with Crippen LogP contribution in [0.25, 0.3) is 0 Å². The molecule has 4 nitrogen and oxygen atoms in total. The molecule has 1 amide bonds. The highest BCUT2D eigenvalue weighted by atomic mass is 35.5. The van der Waals surface area contributed by atoms with E-state index in [1.165, 1.54) is 5.69 Å². The van der Waals surface area contributed by atoms with Gasteiger partial charge in [0.2, 0.25) is 5.91 Å². The van der Waals surface area contributed by atoms with Crippen LogP contribution < -0.4 is 16.0 Å². The van der Waals surface area contributed by atoms with E-state index in [-0.39, 0.29) is 42.7 Å². The van der Waals surface area contributed by atoms with Gasteiger partial charge in [0.05, 0.1) is 0 Å². The number of hydrogen-bond acceptors (Lipinski definition) is 3. The fourth-order valence-corrected chi connectivity index (χ4v) is 2.77. The fourth-order valence-electron chi connectivity index (χ4n) is 2.77. The van der Waals surface area contributed by atoms with Crippen LogP contribution in [0.15, 0.2) is 30.3 Å². The first kappa shape index (κ1) is 21.0. The first-order valence-corrected chi connectivity index (χ1v) is 7.46. The van der Waals surface area contributed by atoms with Crippen molar-refractivity contribution in [1.82, 2.24) is 5.32 Å². The van der Waals surface area contributed by atoms with Crippen molar-refractivity contribution in [3.05, 3.63) is 30.3 Å². The number of para-hydroxylation sites is 1. The van der Waals surface area contributed by atoms with Crippen LogP contribution in [0.1, 0.15) is 25.7 Å². The fraction of sp³-hybridized carbons (Fsp3) is 0.562. The summed E-state index contributed by atoms with van der Waals surface area (Å²) >= 11 is 0. The maximum absolute atomic E-state index is 12.1. The lowest BCUT2D eigenvalue weighted by Crippen LogP contribution is -2.40. The summed E-state index contributed by atoms with van der Waals surface area (Å²) in [6, 6.07) is 10.4. The van der Waals surface area contributed by atoms with Crippen LogP contribution in [0.3, 0.4) is 0 Å². The quantitative estimate of drug-likeness (QED) is 0.860. The first-order valence-electron chi connectivity index (χ1n) is 7.46. The Morgan fingerprint density at radius 1 is 1.27 bits per heavy atom. The molecule has 1 aromatic rings. The molecule has 6 heteroatoms. The minimum atomic E-state index is 0. The summed E-state index contributed by atoms with van der Waals surface area (Å²) in [5.41, 5.74) is 7.10. The molecule has 1 saturated carbocycles. The highest BCUT2D eigenvalue weighted by molar-refractivity contribution is 5.85. The molecule has 1 fully saturated rings. The summed E-state index contributed by atoms with van der Waals surface area (Å²) in [5.74, 6) is 0.280. The van der Waals surface area contributed by atoms with Crippen molar-refractivity contribution < 1.29 is 4.79 Å². The molecular formula is C16H27Cl2N3O. The second kappa shape index (κ2) is 10.7. The molecule has 3 N–H and O–H groups in total. The van der Waals surface area contributed by atoms with E-state index in [9.17, 15) is 4.79 Å². The zero-order valence-corrected chi connectivity index (χ0v) is 14.7. The summed E-state index contributed by atoms with van der Waals surface area (Å²) in [5, 5.41) is 3.04. The first-order chi connectivity index (χ1) is 9.66. The maximum Gasteiger partial charge on any atom is 0.223 e. The highest BCUT2D eigenvalue weighted by Gasteiger charge is 2.24. The van der Waals surface area contributed by atoms with Crippen molar-refractivity contribution in [2.45, 2.75) is 31.7 Å². The number of halogens is 2. The number of anilines is 1. The van der Waals surface area contributed by atoms with E-state index >= 15 is 0 Å². The molecule has 2 unspecified atom stereocenters. The lowest BCUT2D eigenvalue weighted by atomic mass is 9.85. The van der Waals surface area contributed by atoms with Gasteiger partial charge in [-0.15, -0.1) is 24.8 Å². The van der Waals surface area contributed by atoms with Gasteiger partial charge in [-0.25, -0.2) is 0 Å². The zero-order chi connectivity index (χ0) is 14.4. The maximum atomic E-state index is 12.1. The molecule has 0 radical (unpaired) electrons. The minimum Gasteiger partial charge on any atom is -0.373 e. The van der Waals surface area contributed by atoms with Crippen LogP contribution in [0.4, 0.5) is 5.69 Å². The molecule has 0 bridgehead atoms. The number of carbonyl (C=O) groups excluding carboxylic acids is 1. The predicted octanol–water partition coefficient (Wildman–Crippen LogP) is 2.60. The molecule has 2 atom stereocenters. The number of hydrogen-bond donors (Lipinski definition) is 2. The third-order valence-electron chi connectivity index (χ3n) is 4.03. The number of nitrogens with zero attached hydrogens (tertiary/aromatic N) is 1. The van der Waals surface area contributed by atoms with Crippen molar-refractivity contribution in [3.8, 4) is 0 Å². The van der Waals surface area contributed by atoms with Crippen LogP contribution in [0.2, 0.25) is 0 Å². The van der Waals surface area contributed by atoms with E-state index in [0.717, 1.165) is 32.2 Å². The van der Waals surface area contributed by atoms with Gasteiger partial charge >= 0.3 is 0 Å². The van der Waals surface area contributed by atoms with E-state index in [4.69, 9.17) is 5.73 Å². The number of nitrogens with two attached hydrogens (primary N) is 1. The smallest absolute Gasteiger partial charge is 0.223 e. The normalized spacial score (nSPS) is 20.3. The van der Waals surface area contributed by atoms with Gasteiger partial charge < -0.3 is 16.0 Å². The van der Waals surface area contributed by atoms with Gasteiger partial charge in [-0.2, -0.15) is 0 Å². The molecule has 22 heavy (non-hydrogen) atoms. The number of rotatable bonds is 5. The summed E-state index contributed by atoms with van der Waals surface area (Å²) < 4.78 is 0. The SMILES string of the molecule is CN(CCNC(=O)C1CCCC(N)C1)c1ccccc1.Cl.Cl. The van der Waals surface area contributed by atoms with Crippen molar-refractivity contribution in [1.29, 1.82) is 0 Å². The van der Waals surface area contributed by atoms with Crippen LogP contribution in [0.5, 0.6) is 0 Å². The van der Waals surface area contributed by atoms with Crippen LogP contribution in [0, 0.1) is 5.92 Å². The van der Waals surface area contributed by atoms with Crippen molar-refractivity contribution in [2.75, 3.05) is 25.0 Å². The molecule has 1 aliphatic rings. The topological polar surface area (TPSA) is 58.4 Å². The van der Waals surface area contributed by atoms with Gasteiger partial charge in [0.1, 0.15) is 0 Å². The Balaban J connectivity index is 0.00000220. The van der Waals surface area contributed by atoms with Crippen molar-refractivity contribution in [2.24, 2.45) is 11.7 Å². The third kappa shape index (κ3) is 6.42. The second-order valence-electron chi connectivity index (χ2n) is 5.67. The van der Waals surface area contributed by atoms with Gasteiger partial charge in [0.15, 0.2) is 0 Å². The highest BCUT2D eigenvalue weighted by Crippen LogP contribution is 2.23. The summed E-state index contributed by atoms with van der Waals surface area (Å²) in [4.78, 5) is 14.2. The monoisotopic (exact) mass is 347 g/mol. The average molecular weight is 348 g/mol. The largest absolute Gasteiger partial charge is 0.373 e. The number of likely N-dealkylation sites (N-methyl/N-ethyl adjacent to an activating group) is 1. The molecular weight excluding hydrogens is 321 g/mol. The minimum absolute atomic E-state index is 0. The van der Waals surface area contributed by atoms with Crippen LogP contribution in [-0.2, 0) is 4.79 Å². The lowest BCUT2D eigenvalue weighted by Gasteiger charge is -2.26. The van der Waals surface area contributed by atoms with Crippen molar-refractivity contribution >= 4 is 36.4 Å². The Hall–Kier alpha value is -0.970. The lowest BCUT2D eigenvalue weighted by molar-refractivity contribution is -0.126. The standard InChI is InChI=1S/C16H25N3O.2ClH/c1-19(15-8-3-2-4-9-15)11-10-18-16(20)13-6-5-7-14(17)12-13;;/h2-4,8-9,13-14H,5-7,10-12,17H2,1H3,(H,18,20);2*1H. The zero-order valence-electron chi connectivity index (χ0n) is 13.0. The van der Waals surface area contributed by atoms with Gasteiger partial charge in [-0.3, -0.25) is 4.79 Å². The number of amides is 1. The molecule has 0 aromatic heterocycles. The number of carbonyl (C=O) groups is 1. The molecule has 0 heterocycles. The van der Waals surface area contributed by atoms with Crippen molar-refractivity contribution in [3.63, 3.8) is 0 Å². The van der Waals surface area contributed by atoms with Gasteiger partial charge in [-0.05, 0) is 31.4 Å². The molecule has 1 aromatic carbocycles. The molecule has 0 saturated heterocycles. The predicted molar refractivity (Wildman–Crippen MR) is 97.2 cm³/mol. The Kier molecular flexibility index (Phi) is 10.2. The van der Waals surface area contributed by atoms with Crippen LogP contribution >= 0.6 is 24.8 Å². The van der Waals surface area contributed by atoms with Gasteiger partial charge in [-0.1, -0.05) is 24.6 Å². The van der Waals surface area contributed by atoms with E-state index in [1.807, 2.05) is 25.2 Å². The van der Waals surface area contributed by atoms with Crippen LogP contribution in [-0.4, -0.2) is 32.1 Å². The van der Waals surface area contributed by atoms with E-state index in [2.05, 4.69) is 22.3 Å². The van der Waals surface area contributed by atoms with Gasteiger partial charge in [0.25, 0.3) is 0 Å². The molecule has 0 spiro atoms. The summed E-state index contributed by atoms with van der Waals surface area (Å²) in [7, 11) is 2.04. The Labute approximate surface area is 145 Å². The number of nitrogens with one attached hydrogen (secondary N) is 1. The molecule has 2 rings (SSSR count). The third-order valence-corrected chi connectivity index (χ3v) is 4.03. The number of benzene rings is 1.